The number of carboxylic acid groups (broad SMARTS) is 1. The molecule has 0 spiro atoms. The highest BCUT2D eigenvalue weighted by Gasteiger charge is 2.29. The Hall–Kier alpha value is -2.95. The van der Waals surface area contributed by atoms with Crippen molar-refractivity contribution in [3.8, 4) is 5.75 Å². The molecule has 0 aliphatic rings. The molecule has 2 aromatic heterocycles. The van der Waals surface area contributed by atoms with E-state index in [9.17, 15) is 18.0 Å². The minimum absolute atomic E-state index is 0.106. The van der Waals surface area contributed by atoms with Crippen molar-refractivity contribution >= 4 is 29.0 Å². The Bertz CT molecular complexity index is 1060. The van der Waals surface area contributed by atoms with Crippen LogP contribution in [0.3, 0.4) is 0 Å². The first-order chi connectivity index (χ1) is 14.2. The minimum atomic E-state index is -4.43. The van der Waals surface area contributed by atoms with Gasteiger partial charge in [-0.3, -0.25) is 9.55 Å². The molecule has 0 aliphatic heterocycles. The molecule has 3 aromatic rings. The van der Waals surface area contributed by atoms with Gasteiger partial charge in [-0.05, 0) is 32.0 Å². The maximum absolute atomic E-state index is 12.4. The highest BCUT2D eigenvalue weighted by atomic mass is 32.2. The SMILES string of the molecule is Cc1c(OCC(F)(F)F)ccnc1CSc1nc2ccccc2n1C(C)OC(=O)O. The third-order valence-corrected chi connectivity index (χ3v) is 5.15. The summed E-state index contributed by atoms with van der Waals surface area (Å²) in [6.45, 7) is 1.83. The predicted octanol–water partition coefficient (Wildman–Crippen LogP) is 5.19. The summed E-state index contributed by atoms with van der Waals surface area (Å²) < 4.78 is 48.7. The molecular formula is C19H18F3N3O4S. The number of halogens is 3. The van der Waals surface area contributed by atoms with E-state index in [0.717, 1.165) is 0 Å². The Morgan fingerprint density at radius 2 is 2.03 bits per heavy atom. The highest BCUT2D eigenvalue weighted by Crippen LogP contribution is 2.32. The fourth-order valence-electron chi connectivity index (χ4n) is 2.83. The summed E-state index contributed by atoms with van der Waals surface area (Å²) in [5.74, 6) is 0.395. The monoisotopic (exact) mass is 441 g/mol. The lowest BCUT2D eigenvalue weighted by atomic mass is 10.2. The maximum Gasteiger partial charge on any atom is 0.507 e. The van der Waals surface area contributed by atoms with Gasteiger partial charge in [-0.15, -0.1) is 0 Å². The number of pyridine rings is 1. The van der Waals surface area contributed by atoms with Gasteiger partial charge in [-0.2, -0.15) is 13.2 Å². The number of ether oxygens (including phenoxy) is 2. The smallest absolute Gasteiger partial charge is 0.484 e. The molecule has 160 valence electrons. The molecule has 0 aliphatic carbocycles. The molecule has 0 saturated carbocycles. The topological polar surface area (TPSA) is 86.5 Å². The molecule has 7 nitrogen and oxygen atoms in total. The summed E-state index contributed by atoms with van der Waals surface area (Å²) in [6.07, 6.45) is -5.29. The van der Waals surface area contributed by atoms with E-state index in [0.29, 0.717) is 27.4 Å². The Labute approximate surface area is 173 Å². The highest BCUT2D eigenvalue weighted by molar-refractivity contribution is 7.98. The number of para-hydroxylation sites is 2. The molecule has 11 heteroatoms. The van der Waals surface area contributed by atoms with Gasteiger partial charge in [0.1, 0.15) is 5.75 Å². The van der Waals surface area contributed by atoms with Crippen molar-refractivity contribution in [3.05, 3.63) is 47.8 Å². The lowest BCUT2D eigenvalue weighted by Gasteiger charge is -2.16. The van der Waals surface area contributed by atoms with Crippen LogP contribution >= 0.6 is 11.8 Å². The number of nitrogens with zero attached hydrogens (tertiary/aromatic N) is 3. The van der Waals surface area contributed by atoms with E-state index >= 15 is 0 Å². The average molecular weight is 441 g/mol. The van der Waals surface area contributed by atoms with Crippen molar-refractivity contribution < 1.29 is 32.5 Å². The van der Waals surface area contributed by atoms with Crippen molar-refractivity contribution in [3.63, 3.8) is 0 Å². The van der Waals surface area contributed by atoms with Gasteiger partial charge >= 0.3 is 12.3 Å². The zero-order valence-electron chi connectivity index (χ0n) is 16.0. The van der Waals surface area contributed by atoms with Crippen molar-refractivity contribution in [1.29, 1.82) is 0 Å². The van der Waals surface area contributed by atoms with Crippen LogP contribution in [0.25, 0.3) is 11.0 Å². The summed E-state index contributed by atoms with van der Waals surface area (Å²) in [6, 6.07) is 8.58. The van der Waals surface area contributed by atoms with Crippen molar-refractivity contribution in [1.82, 2.24) is 14.5 Å². The molecule has 0 bridgehead atoms. The standard InChI is InChI=1S/C19H18F3N3O4S/c1-11-14(23-8-7-16(11)28-10-19(20,21)22)9-30-17-24-13-5-3-4-6-15(13)25(17)12(2)29-18(26)27/h3-8,12H,9-10H2,1-2H3,(H,26,27). The first-order valence-electron chi connectivity index (χ1n) is 8.79. The summed E-state index contributed by atoms with van der Waals surface area (Å²) in [7, 11) is 0. The molecule has 0 fully saturated rings. The minimum Gasteiger partial charge on any atom is -0.484 e. The summed E-state index contributed by atoms with van der Waals surface area (Å²) in [5, 5.41) is 9.45. The first kappa shape index (κ1) is 21.8. The normalized spacial score (nSPS) is 12.7. The van der Waals surface area contributed by atoms with Crippen molar-refractivity contribution in [2.24, 2.45) is 0 Å². The van der Waals surface area contributed by atoms with Gasteiger partial charge in [0, 0.05) is 17.5 Å². The van der Waals surface area contributed by atoms with Crippen LogP contribution in [0.2, 0.25) is 0 Å². The molecule has 0 radical (unpaired) electrons. The van der Waals surface area contributed by atoms with Gasteiger partial charge in [0.05, 0.1) is 16.7 Å². The van der Waals surface area contributed by atoms with Gasteiger partial charge in [-0.1, -0.05) is 23.9 Å². The van der Waals surface area contributed by atoms with Crippen LogP contribution in [0.5, 0.6) is 5.75 Å². The van der Waals surface area contributed by atoms with E-state index in [1.54, 1.807) is 36.6 Å². The largest absolute Gasteiger partial charge is 0.507 e. The van der Waals surface area contributed by atoms with Crippen molar-refractivity contribution in [2.75, 3.05) is 6.61 Å². The molecule has 1 N–H and O–H groups in total. The van der Waals surface area contributed by atoms with E-state index in [-0.39, 0.29) is 11.5 Å². The fraction of sp³-hybridized carbons (Fsp3) is 0.316. The van der Waals surface area contributed by atoms with Crippen LogP contribution in [0.15, 0.2) is 41.7 Å². The second-order valence-electron chi connectivity index (χ2n) is 6.31. The Kier molecular flexibility index (Phi) is 6.40. The number of aromatic nitrogens is 3. The number of hydrogen-bond donors (Lipinski definition) is 1. The Morgan fingerprint density at radius 3 is 2.73 bits per heavy atom. The lowest BCUT2D eigenvalue weighted by Crippen LogP contribution is -2.19. The molecule has 2 heterocycles. The number of alkyl halides is 3. The molecule has 1 aromatic carbocycles. The third kappa shape index (κ3) is 5.15. The second kappa shape index (κ2) is 8.82. The summed E-state index contributed by atoms with van der Waals surface area (Å²) in [5.41, 5.74) is 2.38. The zero-order chi connectivity index (χ0) is 21.9. The van der Waals surface area contributed by atoms with Gasteiger partial charge in [0.25, 0.3) is 0 Å². The number of thioether (sulfide) groups is 1. The number of hydrogen-bond acceptors (Lipinski definition) is 6. The third-order valence-electron chi connectivity index (χ3n) is 4.19. The van der Waals surface area contributed by atoms with Crippen LogP contribution < -0.4 is 4.74 Å². The van der Waals surface area contributed by atoms with E-state index in [1.165, 1.54) is 24.0 Å². The molecular weight excluding hydrogens is 423 g/mol. The van der Waals surface area contributed by atoms with Gasteiger partial charge < -0.3 is 14.6 Å². The number of rotatable bonds is 7. The van der Waals surface area contributed by atoms with E-state index < -0.39 is 25.2 Å². The van der Waals surface area contributed by atoms with Crippen LogP contribution in [-0.4, -0.2) is 38.6 Å². The number of benzene rings is 1. The molecule has 3 rings (SSSR count). The molecule has 0 saturated heterocycles. The Morgan fingerprint density at radius 1 is 1.30 bits per heavy atom. The van der Waals surface area contributed by atoms with Gasteiger partial charge in [-0.25, -0.2) is 9.78 Å². The zero-order valence-corrected chi connectivity index (χ0v) is 16.8. The number of imidazole rings is 1. The first-order valence-corrected chi connectivity index (χ1v) is 9.77. The summed E-state index contributed by atoms with van der Waals surface area (Å²) >= 11 is 1.27. The molecule has 0 amide bonds. The van der Waals surface area contributed by atoms with E-state index in [1.807, 2.05) is 6.07 Å². The molecule has 1 unspecified atom stereocenters. The lowest BCUT2D eigenvalue weighted by molar-refractivity contribution is -0.153. The fourth-order valence-corrected chi connectivity index (χ4v) is 3.93. The van der Waals surface area contributed by atoms with Crippen LogP contribution in [0.4, 0.5) is 18.0 Å². The Balaban J connectivity index is 1.85. The predicted molar refractivity (Wildman–Crippen MR) is 104 cm³/mol. The van der Waals surface area contributed by atoms with Crippen LogP contribution in [0, 0.1) is 6.92 Å². The summed E-state index contributed by atoms with van der Waals surface area (Å²) in [4.78, 5) is 19.7. The quantitative estimate of drug-likeness (QED) is 0.399. The van der Waals surface area contributed by atoms with Crippen LogP contribution in [0.1, 0.15) is 24.4 Å². The van der Waals surface area contributed by atoms with Gasteiger partial charge in [0.2, 0.25) is 0 Å². The maximum atomic E-state index is 12.4. The van der Waals surface area contributed by atoms with E-state index in [4.69, 9.17) is 14.6 Å². The van der Waals surface area contributed by atoms with Crippen LogP contribution in [-0.2, 0) is 10.5 Å². The molecule has 1 atom stereocenters. The van der Waals surface area contributed by atoms with Gasteiger partial charge in [0.15, 0.2) is 18.0 Å². The number of carbonyl (C=O) groups is 1. The average Bonchev–Trinajstić information content (AvgIpc) is 3.03. The number of fused-ring (bicyclic) bond motifs is 1. The molecule has 30 heavy (non-hydrogen) atoms. The van der Waals surface area contributed by atoms with Crippen molar-refractivity contribution in [2.45, 2.75) is 37.2 Å². The van der Waals surface area contributed by atoms with E-state index in [2.05, 4.69) is 9.97 Å². The second-order valence-corrected chi connectivity index (χ2v) is 7.25.